The van der Waals surface area contributed by atoms with E-state index < -0.39 is 5.97 Å². The highest BCUT2D eigenvalue weighted by Gasteiger charge is 2.06. The van der Waals surface area contributed by atoms with E-state index in [1.54, 1.807) is 18.2 Å². The van der Waals surface area contributed by atoms with Crippen molar-refractivity contribution in [2.45, 2.75) is 20.3 Å². The van der Waals surface area contributed by atoms with E-state index in [9.17, 15) is 4.79 Å². The van der Waals surface area contributed by atoms with Gasteiger partial charge < -0.3 is 15.2 Å². The molecule has 1 aromatic heterocycles. The lowest BCUT2D eigenvalue weighted by molar-refractivity contribution is 0.0697. The number of aryl methyl sites for hydroxylation is 1. The summed E-state index contributed by atoms with van der Waals surface area (Å²) in [6, 6.07) is 8.23. The number of carboxylic acids is 1. The fraction of sp³-hybridized carbons (Fsp3) is 0.267. The van der Waals surface area contributed by atoms with Crippen LogP contribution in [0.15, 0.2) is 30.3 Å². The van der Waals surface area contributed by atoms with E-state index in [-0.39, 0.29) is 5.56 Å². The van der Waals surface area contributed by atoms with Crippen LogP contribution in [0.1, 0.15) is 29.4 Å². The molecule has 0 aliphatic rings. The van der Waals surface area contributed by atoms with Crippen molar-refractivity contribution >= 4 is 17.6 Å². The van der Waals surface area contributed by atoms with E-state index in [4.69, 9.17) is 9.84 Å². The SMILES string of the molecule is CCCOc1cc(C)nc(Nc2cccc(C(=O)O)c2)n1. The number of anilines is 2. The summed E-state index contributed by atoms with van der Waals surface area (Å²) in [4.78, 5) is 19.5. The molecule has 0 aliphatic heterocycles. The lowest BCUT2D eigenvalue weighted by Crippen LogP contribution is -2.04. The molecular formula is C15H17N3O3. The number of aromatic nitrogens is 2. The Hall–Kier alpha value is -2.63. The fourth-order valence-electron chi connectivity index (χ4n) is 1.74. The van der Waals surface area contributed by atoms with Crippen LogP contribution in [0.4, 0.5) is 11.6 Å². The van der Waals surface area contributed by atoms with Crippen molar-refractivity contribution in [2.24, 2.45) is 0 Å². The van der Waals surface area contributed by atoms with Gasteiger partial charge in [0.25, 0.3) is 0 Å². The summed E-state index contributed by atoms with van der Waals surface area (Å²) in [6.07, 6.45) is 0.895. The molecule has 0 fully saturated rings. The molecule has 0 atom stereocenters. The number of ether oxygens (including phenoxy) is 1. The molecule has 2 aromatic rings. The van der Waals surface area contributed by atoms with Gasteiger partial charge in [0.2, 0.25) is 11.8 Å². The maximum atomic E-state index is 11.0. The van der Waals surface area contributed by atoms with Crippen molar-refractivity contribution in [3.8, 4) is 5.88 Å². The first kappa shape index (κ1) is 14.8. The number of benzene rings is 1. The Morgan fingerprint density at radius 2 is 2.14 bits per heavy atom. The lowest BCUT2D eigenvalue weighted by Gasteiger charge is -2.09. The molecule has 2 N–H and O–H groups in total. The van der Waals surface area contributed by atoms with Crippen molar-refractivity contribution in [1.29, 1.82) is 0 Å². The summed E-state index contributed by atoms with van der Waals surface area (Å²) < 4.78 is 5.49. The van der Waals surface area contributed by atoms with Gasteiger partial charge in [-0.05, 0) is 31.5 Å². The minimum atomic E-state index is -0.976. The van der Waals surface area contributed by atoms with Gasteiger partial charge in [-0.25, -0.2) is 9.78 Å². The highest BCUT2D eigenvalue weighted by atomic mass is 16.5. The van der Waals surface area contributed by atoms with Crippen molar-refractivity contribution in [3.63, 3.8) is 0 Å². The van der Waals surface area contributed by atoms with Gasteiger partial charge in [-0.3, -0.25) is 0 Å². The molecule has 0 spiro atoms. The number of carboxylic acid groups (broad SMARTS) is 1. The van der Waals surface area contributed by atoms with E-state index in [1.165, 1.54) is 12.1 Å². The number of nitrogens with one attached hydrogen (secondary N) is 1. The minimum absolute atomic E-state index is 0.204. The van der Waals surface area contributed by atoms with Crippen LogP contribution in [-0.2, 0) is 0 Å². The molecule has 1 heterocycles. The number of aromatic carboxylic acids is 1. The number of carbonyl (C=O) groups is 1. The molecule has 0 unspecified atom stereocenters. The van der Waals surface area contributed by atoms with Crippen molar-refractivity contribution in [1.82, 2.24) is 9.97 Å². The summed E-state index contributed by atoms with van der Waals surface area (Å²) in [6.45, 7) is 4.45. The van der Waals surface area contributed by atoms with Crippen LogP contribution in [0.3, 0.4) is 0 Å². The topological polar surface area (TPSA) is 84.3 Å². The lowest BCUT2D eigenvalue weighted by atomic mass is 10.2. The van der Waals surface area contributed by atoms with Crippen LogP contribution in [0.25, 0.3) is 0 Å². The first-order valence-corrected chi connectivity index (χ1v) is 6.67. The van der Waals surface area contributed by atoms with Gasteiger partial charge in [0.05, 0.1) is 12.2 Å². The first-order valence-electron chi connectivity index (χ1n) is 6.67. The van der Waals surface area contributed by atoms with Crippen LogP contribution >= 0.6 is 0 Å². The summed E-state index contributed by atoms with van der Waals surface area (Å²) >= 11 is 0. The molecule has 1 aromatic carbocycles. The van der Waals surface area contributed by atoms with E-state index in [1.807, 2.05) is 13.8 Å². The predicted octanol–water partition coefficient (Wildman–Crippen LogP) is 3.02. The maximum absolute atomic E-state index is 11.0. The van der Waals surface area contributed by atoms with E-state index in [2.05, 4.69) is 15.3 Å². The zero-order valence-corrected chi connectivity index (χ0v) is 12.0. The van der Waals surface area contributed by atoms with Crippen LogP contribution in [0.2, 0.25) is 0 Å². The van der Waals surface area contributed by atoms with Gasteiger partial charge in [0.1, 0.15) is 0 Å². The van der Waals surface area contributed by atoms with E-state index in [0.717, 1.165) is 12.1 Å². The summed E-state index contributed by atoms with van der Waals surface area (Å²) in [5, 5.41) is 12.0. The average Bonchev–Trinajstić information content (AvgIpc) is 2.45. The zero-order valence-electron chi connectivity index (χ0n) is 12.0. The van der Waals surface area contributed by atoms with Gasteiger partial charge in [-0.15, -0.1) is 0 Å². The van der Waals surface area contributed by atoms with E-state index in [0.29, 0.717) is 24.1 Å². The molecular weight excluding hydrogens is 270 g/mol. The van der Waals surface area contributed by atoms with Gasteiger partial charge in [0.15, 0.2) is 0 Å². The third-order valence-electron chi connectivity index (χ3n) is 2.65. The molecule has 21 heavy (non-hydrogen) atoms. The molecule has 0 aliphatic carbocycles. The molecule has 110 valence electrons. The number of rotatable bonds is 6. The Morgan fingerprint density at radius 3 is 2.86 bits per heavy atom. The third kappa shape index (κ3) is 4.17. The normalized spacial score (nSPS) is 10.2. The second kappa shape index (κ2) is 6.69. The Balaban J connectivity index is 2.20. The van der Waals surface area contributed by atoms with Crippen molar-refractivity contribution in [3.05, 3.63) is 41.6 Å². The quantitative estimate of drug-likeness (QED) is 0.849. The van der Waals surface area contributed by atoms with Crippen molar-refractivity contribution < 1.29 is 14.6 Å². The fourth-order valence-corrected chi connectivity index (χ4v) is 1.74. The summed E-state index contributed by atoms with van der Waals surface area (Å²) in [5.74, 6) is -0.0966. The van der Waals surface area contributed by atoms with Crippen molar-refractivity contribution in [2.75, 3.05) is 11.9 Å². The molecule has 0 amide bonds. The largest absolute Gasteiger partial charge is 0.478 e. The maximum Gasteiger partial charge on any atom is 0.335 e. The smallest absolute Gasteiger partial charge is 0.335 e. The van der Waals surface area contributed by atoms with Crippen LogP contribution in [0.5, 0.6) is 5.88 Å². The third-order valence-corrected chi connectivity index (χ3v) is 2.65. The standard InChI is InChI=1S/C15H17N3O3/c1-3-7-21-13-8-10(2)16-15(18-13)17-12-6-4-5-11(9-12)14(19)20/h4-6,8-9H,3,7H2,1-2H3,(H,19,20)(H,16,17,18). The molecule has 6 nitrogen and oxygen atoms in total. The van der Waals surface area contributed by atoms with E-state index >= 15 is 0 Å². The number of nitrogens with zero attached hydrogens (tertiary/aromatic N) is 2. The molecule has 2 rings (SSSR count). The monoisotopic (exact) mass is 287 g/mol. The number of hydrogen-bond acceptors (Lipinski definition) is 5. The minimum Gasteiger partial charge on any atom is -0.478 e. The number of hydrogen-bond donors (Lipinski definition) is 2. The van der Waals surface area contributed by atoms with Gasteiger partial charge in [0, 0.05) is 17.4 Å². The Kier molecular flexibility index (Phi) is 4.71. The second-order valence-corrected chi connectivity index (χ2v) is 4.53. The van der Waals surface area contributed by atoms with Crippen LogP contribution in [-0.4, -0.2) is 27.7 Å². The molecule has 0 saturated carbocycles. The molecule has 6 heteroatoms. The van der Waals surface area contributed by atoms with Gasteiger partial charge in [-0.1, -0.05) is 13.0 Å². The molecule has 0 saturated heterocycles. The highest BCUT2D eigenvalue weighted by molar-refractivity contribution is 5.88. The summed E-state index contributed by atoms with van der Waals surface area (Å²) in [5.41, 5.74) is 1.59. The van der Waals surface area contributed by atoms with Gasteiger partial charge >= 0.3 is 5.97 Å². The van der Waals surface area contributed by atoms with Gasteiger partial charge in [-0.2, -0.15) is 4.98 Å². The first-order chi connectivity index (χ1) is 10.1. The molecule has 0 radical (unpaired) electrons. The summed E-state index contributed by atoms with van der Waals surface area (Å²) in [7, 11) is 0. The van der Waals surface area contributed by atoms with Crippen LogP contribution in [0, 0.1) is 6.92 Å². The second-order valence-electron chi connectivity index (χ2n) is 4.53. The Morgan fingerprint density at radius 1 is 1.33 bits per heavy atom. The predicted molar refractivity (Wildman–Crippen MR) is 79.2 cm³/mol. The highest BCUT2D eigenvalue weighted by Crippen LogP contribution is 2.18. The zero-order chi connectivity index (χ0) is 15.2. The van der Waals surface area contributed by atoms with Crippen LogP contribution < -0.4 is 10.1 Å². The molecule has 0 bridgehead atoms. The average molecular weight is 287 g/mol. The Labute approximate surface area is 122 Å². The Bertz CT molecular complexity index is 644.